The fourth-order valence-electron chi connectivity index (χ4n) is 2.30. The van der Waals surface area contributed by atoms with E-state index in [1.54, 1.807) is 6.92 Å². The minimum absolute atomic E-state index is 0.199. The molecule has 1 aromatic carbocycles. The van der Waals surface area contributed by atoms with Gasteiger partial charge in [0.25, 0.3) is 0 Å². The minimum atomic E-state index is -4.36. The van der Waals surface area contributed by atoms with Gasteiger partial charge in [-0.05, 0) is 37.5 Å². The number of alkyl halides is 3. The van der Waals surface area contributed by atoms with Crippen molar-refractivity contribution in [3.05, 3.63) is 47.6 Å². The molecule has 130 valence electrons. The van der Waals surface area contributed by atoms with Crippen LogP contribution < -0.4 is 5.32 Å². The van der Waals surface area contributed by atoms with Crippen molar-refractivity contribution in [2.24, 2.45) is 5.92 Å². The van der Waals surface area contributed by atoms with E-state index in [9.17, 15) is 18.0 Å². The van der Waals surface area contributed by atoms with Crippen LogP contribution in [0.2, 0.25) is 0 Å². The van der Waals surface area contributed by atoms with Gasteiger partial charge >= 0.3 is 6.18 Å². The molecule has 0 bridgehead atoms. The Balaban J connectivity index is 1.99. The lowest BCUT2D eigenvalue weighted by molar-refractivity contribution is -0.137. The summed E-state index contributed by atoms with van der Waals surface area (Å²) in [6.07, 6.45) is -2.26. The maximum atomic E-state index is 12.6. The summed E-state index contributed by atoms with van der Waals surface area (Å²) in [6, 6.07) is 4.46. The van der Waals surface area contributed by atoms with Crippen molar-refractivity contribution in [2.45, 2.75) is 38.9 Å². The number of rotatable bonds is 6. The first-order valence-corrected chi connectivity index (χ1v) is 7.54. The van der Waals surface area contributed by atoms with Gasteiger partial charge < -0.3 is 9.84 Å². The van der Waals surface area contributed by atoms with Gasteiger partial charge in [-0.2, -0.15) is 18.2 Å². The molecule has 0 saturated heterocycles. The Hall–Kier alpha value is -2.38. The molecular formula is C16H18F3N3O2. The third-order valence-corrected chi connectivity index (χ3v) is 3.75. The van der Waals surface area contributed by atoms with Crippen molar-refractivity contribution >= 4 is 5.91 Å². The summed E-state index contributed by atoms with van der Waals surface area (Å²) in [5.41, 5.74) is -0.0216. The molecule has 5 nitrogen and oxygen atoms in total. The third kappa shape index (κ3) is 4.56. The number of carbonyl (C=O) groups excluding carboxylic acids is 1. The summed E-state index contributed by atoms with van der Waals surface area (Å²) in [5, 5.41) is 6.45. The predicted octanol–water partition coefficient (Wildman–Crippen LogP) is 3.53. The van der Waals surface area contributed by atoms with Gasteiger partial charge in [-0.1, -0.05) is 24.2 Å². The van der Waals surface area contributed by atoms with E-state index in [-0.39, 0.29) is 11.8 Å². The predicted molar refractivity (Wildman–Crippen MR) is 79.8 cm³/mol. The Morgan fingerprint density at radius 1 is 1.29 bits per heavy atom. The quantitative estimate of drug-likeness (QED) is 0.873. The Morgan fingerprint density at radius 3 is 2.46 bits per heavy atom. The van der Waals surface area contributed by atoms with Gasteiger partial charge in [0, 0.05) is 5.92 Å². The van der Waals surface area contributed by atoms with Crippen molar-refractivity contribution in [2.75, 3.05) is 0 Å². The third-order valence-electron chi connectivity index (χ3n) is 3.75. The molecule has 2 rings (SSSR count). The molecule has 0 saturated carbocycles. The minimum Gasteiger partial charge on any atom is -0.346 e. The van der Waals surface area contributed by atoms with Crippen LogP contribution in [0.3, 0.4) is 0 Å². The number of hydrogen-bond donors (Lipinski definition) is 1. The molecule has 0 aliphatic rings. The van der Waals surface area contributed by atoms with Gasteiger partial charge in [0.1, 0.15) is 0 Å². The van der Waals surface area contributed by atoms with Gasteiger partial charge in [0.05, 0.1) is 11.6 Å². The summed E-state index contributed by atoms with van der Waals surface area (Å²) in [6.45, 7) is 3.58. The molecule has 1 N–H and O–H groups in total. The Bertz CT molecular complexity index is 654. The first-order chi connectivity index (χ1) is 11.3. The molecule has 1 heterocycles. The van der Waals surface area contributed by atoms with Crippen LogP contribution in [0.5, 0.6) is 0 Å². The van der Waals surface area contributed by atoms with Crippen molar-refractivity contribution in [1.29, 1.82) is 0 Å². The molecule has 0 spiro atoms. The highest BCUT2D eigenvalue weighted by atomic mass is 19.4. The van der Waals surface area contributed by atoms with E-state index in [4.69, 9.17) is 0 Å². The van der Waals surface area contributed by atoms with Gasteiger partial charge in [-0.3, -0.25) is 4.79 Å². The number of nitrogens with zero attached hydrogens (tertiary/aromatic N) is 2. The molecule has 1 amide bonds. The van der Waals surface area contributed by atoms with E-state index in [2.05, 4.69) is 20.0 Å². The Kier molecular flexibility index (Phi) is 5.58. The molecule has 2 aromatic rings. The average molecular weight is 341 g/mol. The van der Waals surface area contributed by atoms with E-state index in [0.717, 1.165) is 12.1 Å². The van der Waals surface area contributed by atoms with Crippen LogP contribution in [-0.2, 0) is 17.4 Å². The van der Waals surface area contributed by atoms with Crippen LogP contribution in [0.4, 0.5) is 13.2 Å². The van der Waals surface area contributed by atoms with Crippen molar-refractivity contribution < 1.29 is 22.5 Å². The van der Waals surface area contributed by atoms with Crippen LogP contribution in [0.1, 0.15) is 43.3 Å². The SMILES string of the molecule is CC[C@H](Cc1ccc(C(F)(F)F)cc1)C(=O)N[C@@H](C)c1ncon1. The van der Waals surface area contributed by atoms with Crippen molar-refractivity contribution in [3.63, 3.8) is 0 Å². The zero-order chi connectivity index (χ0) is 17.7. The van der Waals surface area contributed by atoms with E-state index in [0.29, 0.717) is 24.2 Å². The summed E-state index contributed by atoms with van der Waals surface area (Å²) >= 11 is 0. The molecule has 0 unspecified atom stereocenters. The van der Waals surface area contributed by atoms with Gasteiger partial charge in [-0.15, -0.1) is 0 Å². The highest BCUT2D eigenvalue weighted by Crippen LogP contribution is 2.29. The molecular weight excluding hydrogens is 323 g/mol. The monoisotopic (exact) mass is 341 g/mol. The summed E-state index contributed by atoms with van der Waals surface area (Å²) in [7, 11) is 0. The smallest absolute Gasteiger partial charge is 0.346 e. The van der Waals surface area contributed by atoms with E-state index < -0.39 is 17.8 Å². The number of carbonyl (C=O) groups is 1. The lowest BCUT2D eigenvalue weighted by Gasteiger charge is -2.18. The first kappa shape index (κ1) is 18.0. The van der Waals surface area contributed by atoms with E-state index in [1.165, 1.54) is 18.5 Å². The standard InChI is InChI=1S/C16H18F3N3O2/c1-3-12(15(23)21-10(2)14-20-9-24-22-14)8-11-4-6-13(7-5-11)16(17,18)19/h4-7,9-10,12H,3,8H2,1-2H3,(H,21,23)/t10-,12+/m0/s1. The largest absolute Gasteiger partial charge is 0.416 e. The molecule has 8 heteroatoms. The number of benzene rings is 1. The molecule has 1 aromatic heterocycles. The number of amides is 1. The lowest BCUT2D eigenvalue weighted by Crippen LogP contribution is -2.34. The van der Waals surface area contributed by atoms with Crippen molar-refractivity contribution in [3.8, 4) is 0 Å². The topological polar surface area (TPSA) is 68.0 Å². The number of aromatic nitrogens is 2. The Labute approximate surface area is 137 Å². The maximum absolute atomic E-state index is 12.6. The lowest BCUT2D eigenvalue weighted by atomic mass is 9.95. The second kappa shape index (κ2) is 7.46. The normalized spacial score (nSPS) is 14.2. The molecule has 0 aliphatic carbocycles. The summed E-state index contributed by atoms with van der Waals surface area (Å²) in [5.74, 6) is -0.182. The number of nitrogens with one attached hydrogen (secondary N) is 1. The van der Waals surface area contributed by atoms with Crippen LogP contribution in [0.25, 0.3) is 0 Å². The molecule has 24 heavy (non-hydrogen) atoms. The van der Waals surface area contributed by atoms with Crippen LogP contribution in [0.15, 0.2) is 35.2 Å². The van der Waals surface area contributed by atoms with Crippen LogP contribution in [0, 0.1) is 5.92 Å². The summed E-state index contributed by atoms with van der Waals surface area (Å²) < 4.78 is 42.3. The average Bonchev–Trinajstić information content (AvgIpc) is 3.06. The highest BCUT2D eigenvalue weighted by molar-refractivity contribution is 5.79. The van der Waals surface area contributed by atoms with Gasteiger partial charge in [-0.25, -0.2) is 0 Å². The zero-order valence-corrected chi connectivity index (χ0v) is 13.3. The Morgan fingerprint density at radius 2 is 1.96 bits per heavy atom. The second-order valence-corrected chi connectivity index (χ2v) is 5.52. The first-order valence-electron chi connectivity index (χ1n) is 7.54. The number of hydrogen-bond acceptors (Lipinski definition) is 4. The summed E-state index contributed by atoms with van der Waals surface area (Å²) in [4.78, 5) is 16.2. The number of halogens is 3. The van der Waals surface area contributed by atoms with Crippen LogP contribution in [-0.4, -0.2) is 16.0 Å². The van der Waals surface area contributed by atoms with E-state index >= 15 is 0 Å². The molecule has 2 atom stereocenters. The van der Waals surface area contributed by atoms with E-state index in [1.807, 2.05) is 6.92 Å². The molecule has 0 radical (unpaired) electrons. The van der Waals surface area contributed by atoms with Crippen molar-refractivity contribution in [1.82, 2.24) is 15.5 Å². The highest BCUT2D eigenvalue weighted by Gasteiger charge is 2.30. The molecule has 0 aliphatic heterocycles. The van der Waals surface area contributed by atoms with Crippen LogP contribution >= 0.6 is 0 Å². The fraction of sp³-hybridized carbons (Fsp3) is 0.438. The van der Waals surface area contributed by atoms with Gasteiger partial charge in [0.2, 0.25) is 12.3 Å². The second-order valence-electron chi connectivity index (χ2n) is 5.52. The van der Waals surface area contributed by atoms with Gasteiger partial charge in [0.15, 0.2) is 5.82 Å². The maximum Gasteiger partial charge on any atom is 0.416 e. The molecule has 0 fully saturated rings. The fourth-order valence-corrected chi connectivity index (χ4v) is 2.30. The zero-order valence-electron chi connectivity index (χ0n) is 13.3.